The van der Waals surface area contributed by atoms with E-state index in [1.54, 1.807) is 6.20 Å². The van der Waals surface area contributed by atoms with Crippen molar-refractivity contribution in [1.82, 2.24) is 15.4 Å². The molecule has 1 fully saturated rings. The number of nitrogens with zero attached hydrogens (tertiary/aromatic N) is 4. The molecule has 0 unspecified atom stereocenters. The minimum absolute atomic E-state index is 0.935. The fourth-order valence-electron chi connectivity index (χ4n) is 0.683. The van der Waals surface area contributed by atoms with E-state index in [1.807, 2.05) is 6.07 Å². The Morgan fingerprint density at radius 2 is 2.33 bits per heavy atom. The third kappa shape index (κ3) is 0.826. The Kier molecular flexibility index (Phi) is 0.855. The van der Waals surface area contributed by atoms with Crippen LogP contribution in [-0.4, -0.2) is 28.5 Å². The maximum absolute atomic E-state index is 3.81. The van der Waals surface area contributed by atoms with Crippen LogP contribution >= 0.6 is 0 Å². The average Bonchev–Trinajstić information content (AvgIpc) is 2.71. The second-order valence-electron chi connectivity index (χ2n) is 1.97. The van der Waals surface area contributed by atoms with Gasteiger partial charge in [0, 0.05) is 19.2 Å². The van der Waals surface area contributed by atoms with Crippen LogP contribution in [0.4, 0.5) is 5.82 Å². The van der Waals surface area contributed by atoms with Crippen LogP contribution in [0.1, 0.15) is 0 Å². The first-order valence-corrected chi connectivity index (χ1v) is 2.86. The third-order valence-corrected chi connectivity index (χ3v) is 1.26. The molecule has 1 aromatic rings. The van der Waals surface area contributed by atoms with E-state index in [0.29, 0.717) is 0 Å². The Balaban J connectivity index is 2.29. The van der Waals surface area contributed by atoms with E-state index in [4.69, 9.17) is 0 Å². The number of hydrogen-bond donors (Lipinski definition) is 0. The summed E-state index contributed by atoms with van der Waals surface area (Å²) in [4.78, 5) is 2.12. The Morgan fingerprint density at radius 1 is 1.44 bits per heavy atom. The Morgan fingerprint density at radius 3 is 2.89 bits per heavy atom. The zero-order valence-corrected chi connectivity index (χ0v) is 4.86. The molecule has 0 radical (unpaired) electrons. The molecule has 9 heavy (non-hydrogen) atoms. The van der Waals surface area contributed by atoms with Crippen molar-refractivity contribution in [2.24, 2.45) is 0 Å². The van der Waals surface area contributed by atoms with Gasteiger partial charge in [-0.3, -0.25) is 0 Å². The average molecular weight is 122 g/mol. The number of rotatable bonds is 1. The Labute approximate surface area is 52.5 Å². The van der Waals surface area contributed by atoms with Crippen LogP contribution in [0.15, 0.2) is 12.3 Å². The van der Waals surface area contributed by atoms with Gasteiger partial charge in [-0.25, -0.2) is 0 Å². The summed E-state index contributed by atoms with van der Waals surface area (Å²) in [7, 11) is 0. The third-order valence-electron chi connectivity index (χ3n) is 1.26. The zero-order chi connectivity index (χ0) is 6.10. The van der Waals surface area contributed by atoms with Crippen LogP contribution in [0, 0.1) is 0 Å². The molecule has 1 saturated heterocycles. The van der Waals surface area contributed by atoms with Crippen LogP contribution in [0.2, 0.25) is 0 Å². The van der Waals surface area contributed by atoms with Crippen molar-refractivity contribution in [3.63, 3.8) is 0 Å². The largest absolute Gasteiger partial charge is 0.351 e. The van der Waals surface area contributed by atoms with Crippen LogP contribution < -0.4 is 4.90 Å². The first-order valence-electron chi connectivity index (χ1n) is 2.86. The summed E-state index contributed by atoms with van der Waals surface area (Å²) in [6.45, 7) is 2.22. The summed E-state index contributed by atoms with van der Waals surface area (Å²) < 4.78 is 0. The molecule has 4 nitrogen and oxygen atoms in total. The fourth-order valence-corrected chi connectivity index (χ4v) is 0.683. The summed E-state index contributed by atoms with van der Waals surface area (Å²) in [5, 5.41) is 10.9. The molecule has 2 rings (SSSR count). The molecule has 1 aromatic heterocycles. The molecule has 0 amide bonds. The molecule has 46 valence electrons. The first-order chi connectivity index (χ1) is 4.47. The van der Waals surface area contributed by atoms with Gasteiger partial charge in [0.15, 0.2) is 5.82 Å². The molecule has 0 N–H and O–H groups in total. The van der Waals surface area contributed by atoms with Crippen molar-refractivity contribution in [2.45, 2.75) is 0 Å². The van der Waals surface area contributed by atoms with Crippen molar-refractivity contribution in [3.05, 3.63) is 12.3 Å². The standard InChI is InChI=1S/C5H6N4/c1-2-6-8-7-5(1)9-3-4-9/h1-2H,3-4H2. The highest BCUT2D eigenvalue weighted by atomic mass is 15.4. The van der Waals surface area contributed by atoms with E-state index in [1.165, 1.54) is 0 Å². The quantitative estimate of drug-likeness (QED) is 0.479. The predicted molar refractivity (Wildman–Crippen MR) is 32.0 cm³/mol. The van der Waals surface area contributed by atoms with Crippen LogP contribution in [-0.2, 0) is 0 Å². The van der Waals surface area contributed by atoms with Crippen molar-refractivity contribution < 1.29 is 0 Å². The van der Waals surface area contributed by atoms with Crippen molar-refractivity contribution in [2.75, 3.05) is 18.0 Å². The minimum atomic E-state index is 0.935. The molecule has 0 bridgehead atoms. The lowest BCUT2D eigenvalue weighted by Crippen LogP contribution is -1.96. The predicted octanol–water partition coefficient (Wildman–Crippen LogP) is -0.308. The van der Waals surface area contributed by atoms with Gasteiger partial charge >= 0.3 is 0 Å². The highest BCUT2D eigenvalue weighted by Gasteiger charge is 2.18. The maximum Gasteiger partial charge on any atom is 0.154 e. The molecule has 0 saturated carbocycles. The van der Waals surface area contributed by atoms with Crippen molar-refractivity contribution in [3.8, 4) is 0 Å². The van der Waals surface area contributed by atoms with E-state index in [2.05, 4.69) is 20.3 Å². The van der Waals surface area contributed by atoms with Gasteiger partial charge in [-0.1, -0.05) is 0 Å². The van der Waals surface area contributed by atoms with E-state index in [0.717, 1.165) is 18.9 Å². The van der Waals surface area contributed by atoms with E-state index in [-0.39, 0.29) is 0 Å². The molecule has 0 aliphatic carbocycles. The number of aromatic nitrogens is 3. The summed E-state index contributed by atoms with van der Waals surface area (Å²) in [6, 6.07) is 1.86. The van der Waals surface area contributed by atoms with Gasteiger partial charge in [-0.15, -0.1) is 10.2 Å². The molecule has 2 heterocycles. The summed E-state index contributed by atoms with van der Waals surface area (Å²) in [6.07, 6.45) is 1.65. The van der Waals surface area contributed by atoms with Crippen LogP contribution in [0.25, 0.3) is 0 Å². The molecule has 0 spiro atoms. The normalized spacial score (nSPS) is 15.8. The Bertz CT molecular complexity index is 193. The molecule has 0 aromatic carbocycles. The van der Waals surface area contributed by atoms with Gasteiger partial charge < -0.3 is 4.90 Å². The lowest BCUT2D eigenvalue weighted by Gasteiger charge is -1.94. The number of anilines is 1. The number of hydrogen-bond acceptors (Lipinski definition) is 4. The van der Waals surface area contributed by atoms with Crippen molar-refractivity contribution >= 4 is 5.82 Å². The van der Waals surface area contributed by atoms with Gasteiger partial charge in [-0.05, 0) is 5.21 Å². The van der Waals surface area contributed by atoms with Gasteiger partial charge in [0.1, 0.15) is 0 Å². The summed E-state index contributed by atoms with van der Waals surface area (Å²) in [5.41, 5.74) is 0. The molecule has 4 heteroatoms. The zero-order valence-electron chi connectivity index (χ0n) is 4.86. The van der Waals surface area contributed by atoms with Gasteiger partial charge in [-0.2, -0.15) is 0 Å². The summed E-state index contributed by atoms with van der Waals surface area (Å²) in [5.74, 6) is 0.935. The lowest BCUT2D eigenvalue weighted by molar-refractivity contribution is 0.861. The topological polar surface area (TPSA) is 41.7 Å². The first kappa shape index (κ1) is 4.67. The maximum atomic E-state index is 3.81. The lowest BCUT2D eigenvalue weighted by atomic mass is 10.6. The van der Waals surface area contributed by atoms with E-state index in [9.17, 15) is 0 Å². The fraction of sp³-hybridized carbons (Fsp3) is 0.400. The van der Waals surface area contributed by atoms with Crippen molar-refractivity contribution in [1.29, 1.82) is 0 Å². The molecule has 1 aliphatic rings. The molecule has 1 aliphatic heterocycles. The molecular weight excluding hydrogens is 116 g/mol. The van der Waals surface area contributed by atoms with Crippen LogP contribution in [0.5, 0.6) is 0 Å². The van der Waals surface area contributed by atoms with Gasteiger partial charge in [0.2, 0.25) is 0 Å². The van der Waals surface area contributed by atoms with E-state index >= 15 is 0 Å². The molecular formula is C5H6N4. The second kappa shape index (κ2) is 1.65. The molecule has 0 atom stereocenters. The highest BCUT2D eigenvalue weighted by Crippen LogP contribution is 2.14. The minimum Gasteiger partial charge on any atom is -0.351 e. The second-order valence-corrected chi connectivity index (χ2v) is 1.97. The van der Waals surface area contributed by atoms with E-state index < -0.39 is 0 Å². The smallest absolute Gasteiger partial charge is 0.154 e. The summed E-state index contributed by atoms with van der Waals surface area (Å²) >= 11 is 0. The van der Waals surface area contributed by atoms with Gasteiger partial charge in [0.25, 0.3) is 0 Å². The Hall–Kier alpha value is -1.19. The van der Waals surface area contributed by atoms with Gasteiger partial charge in [0.05, 0.1) is 6.20 Å². The highest BCUT2D eigenvalue weighted by molar-refractivity contribution is 5.41. The SMILES string of the molecule is c1cc(N2CC2)nnn1. The monoisotopic (exact) mass is 122 g/mol. The van der Waals surface area contributed by atoms with Crippen LogP contribution in [0.3, 0.4) is 0 Å².